The molecule has 6 heteroatoms. The standard InChI is InChI=1S/C31H36N2O4/c1-18-12-19(2)22(5)30(21(18)4)31(35)33-11-10-23-8-9-24(14-25(23)17-33)26(15-29(34)37-7)27-16-32-28(36-6)13-20(27)3/h8-9,12-14,16,26H,10-11,15,17H2,1-7H3. The number of carbonyl (C=O) groups is 2. The molecule has 1 aromatic heterocycles. The molecule has 0 spiro atoms. The fraction of sp³-hybridized carbons (Fsp3) is 0.387. The van der Waals surface area contributed by atoms with Crippen molar-refractivity contribution in [2.45, 2.75) is 59.9 Å². The quantitative estimate of drug-likeness (QED) is 0.417. The third kappa shape index (κ3) is 5.24. The molecule has 0 radical (unpaired) electrons. The Morgan fingerprint density at radius 2 is 1.65 bits per heavy atom. The SMILES string of the molecule is COC(=O)CC(c1ccc2c(c1)CN(C(=O)c1c(C)c(C)cc(C)c1C)CC2)c1cnc(OC)cc1C. The molecule has 3 aromatic rings. The average molecular weight is 501 g/mol. The molecular formula is C31H36N2O4. The van der Waals surface area contributed by atoms with Crippen molar-refractivity contribution in [2.75, 3.05) is 20.8 Å². The van der Waals surface area contributed by atoms with Crippen LogP contribution >= 0.6 is 0 Å². The van der Waals surface area contributed by atoms with Gasteiger partial charge in [-0.1, -0.05) is 24.3 Å². The number of methoxy groups -OCH3 is 2. The van der Waals surface area contributed by atoms with Gasteiger partial charge in [0, 0.05) is 36.8 Å². The Bertz CT molecular complexity index is 1340. The molecule has 2 aromatic carbocycles. The van der Waals surface area contributed by atoms with Gasteiger partial charge < -0.3 is 14.4 Å². The lowest BCUT2D eigenvalue weighted by molar-refractivity contribution is -0.140. The molecule has 1 unspecified atom stereocenters. The Morgan fingerprint density at radius 1 is 0.946 bits per heavy atom. The molecule has 0 saturated carbocycles. The van der Waals surface area contributed by atoms with Crippen molar-refractivity contribution in [2.24, 2.45) is 0 Å². The highest BCUT2D eigenvalue weighted by Gasteiger charge is 2.27. The number of nitrogens with zero attached hydrogens (tertiary/aromatic N) is 2. The molecule has 0 fully saturated rings. The third-order valence-electron chi connectivity index (χ3n) is 7.82. The third-order valence-corrected chi connectivity index (χ3v) is 7.82. The van der Waals surface area contributed by atoms with Crippen LogP contribution in [0.15, 0.2) is 36.5 Å². The normalized spacial score (nSPS) is 13.6. The van der Waals surface area contributed by atoms with Crippen LogP contribution < -0.4 is 4.74 Å². The van der Waals surface area contributed by atoms with Crippen molar-refractivity contribution < 1.29 is 19.1 Å². The van der Waals surface area contributed by atoms with Crippen LogP contribution in [0.3, 0.4) is 0 Å². The first-order valence-corrected chi connectivity index (χ1v) is 12.7. The van der Waals surface area contributed by atoms with Crippen LogP contribution in [0.1, 0.15) is 72.8 Å². The highest BCUT2D eigenvalue weighted by atomic mass is 16.5. The van der Waals surface area contributed by atoms with E-state index in [9.17, 15) is 9.59 Å². The van der Waals surface area contributed by atoms with Gasteiger partial charge in [0.05, 0.1) is 20.6 Å². The number of amides is 1. The zero-order valence-corrected chi connectivity index (χ0v) is 22.9. The zero-order chi connectivity index (χ0) is 26.9. The molecule has 1 atom stereocenters. The zero-order valence-electron chi connectivity index (χ0n) is 22.9. The van der Waals surface area contributed by atoms with Crippen LogP contribution in [-0.2, 0) is 22.5 Å². The van der Waals surface area contributed by atoms with Gasteiger partial charge in [-0.3, -0.25) is 9.59 Å². The number of fused-ring (bicyclic) bond motifs is 1. The molecule has 37 heavy (non-hydrogen) atoms. The maximum atomic E-state index is 13.7. The Labute approximate surface area is 219 Å². The summed E-state index contributed by atoms with van der Waals surface area (Å²) < 4.78 is 10.3. The predicted molar refractivity (Wildman–Crippen MR) is 144 cm³/mol. The fourth-order valence-electron chi connectivity index (χ4n) is 5.34. The highest BCUT2D eigenvalue weighted by Crippen LogP contribution is 2.34. The maximum Gasteiger partial charge on any atom is 0.306 e. The molecule has 1 amide bonds. The van der Waals surface area contributed by atoms with Gasteiger partial charge in [-0.15, -0.1) is 0 Å². The van der Waals surface area contributed by atoms with Gasteiger partial charge in [-0.25, -0.2) is 4.98 Å². The topological polar surface area (TPSA) is 68.7 Å². The minimum atomic E-state index is -0.282. The lowest BCUT2D eigenvalue weighted by atomic mass is 9.84. The van der Waals surface area contributed by atoms with Crippen molar-refractivity contribution in [3.05, 3.63) is 92.2 Å². The largest absolute Gasteiger partial charge is 0.481 e. The summed E-state index contributed by atoms with van der Waals surface area (Å²) in [6.07, 6.45) is 2.78. The minimum Gasteiger partial charge on any atom is -0.481 e. The van der Waals surface area contributed by atoms with Gasteiger partial charge in [0.15, 0.2) is 0 Å². The van der Waals surface area contributed by atoms with Gasteiger partial charge in [-0.2, -0.15) is 0 Å². The molecule has 0 aliphatic carbocycles. The molecule has 2 heterocycles. The fourth-order valence-corrected chi connectivity index (χ4v) is 5.34. The Morgan fingerprint density at radius 3 is 2.27 bits per heavy atom. The number of aromatic nitrogens is 1. The molecule has 6 nitrogen and oxygen atoms in total. The number of benzene rings is 2. The van der Waals surface area contributed by atoms with Crippen LogP contribution in [0.4, 0.5) is 0 Å². The van der Waals surface area contributed by atoms with Gasteiger partial charge >= 0.3 is 5.97 Å². The lowest BCUT2D eigenvalue weighted by Crippen LogP contribution is -2.37. The summed E-state index contributed by atoms with van der Waals surface area (Å²) in [4.78, 5) is 32.5. The maximum absolute atomic E-state index is 13.7. The molecule has 4 rings (SSSR count). The Kier molecular flexibility index (Phi) is 7.67. The minimum absolute atomic E-state index is 0.0826. The van der Waals surface area contributed by atoms with Gasteiger partial charge in [-0.05, 0) is 91.1 Å². The number of aryl methyl sites for hydroxylation is 3. The van der Waals surface area contributed by atoms with E-state index in [1.807, 2.05) is 31.7 Å². The van der Waals surface area contributed by atoms with Crippen molar-refractivity contribution in [3.63, 3.8) is 0 Å². The second kappa shape index (κ2) is 10.8. The van der Waals surface area contributed by atoms with Crippen molar-refractivity contribution >= 4 is 11.9 Å². The number of hydrogen-bond acceptors (Lipinski definition) is 5. The summed E-state index contributed by atoms with van der Waals surface area (Å²) in [6, 6.07) is 10.4. The molecule has 1 aliphatic heterocycles. The van der Waals surface area contributed by atoms with Gasteiger partial charge in [0.1, 0.15) is 0 Å². The van der Waals surface area contributed by atoms with E-state index in [2.05, 4.69) is 43.1 Å². The number of ether oxygens (including phenoxy) is 2. The molecule has 1 aliphatic rings. The van der Waals surface area contributed by atoms with Crippen LogP contribution in [0, 0.1) is 34.6 Å². The number of rotatable bonds is 6. The van der Waals surface area contributed by atoms with Crippen molar-refractivity contribution in [1.82, 2.24) is 9.88 Å². The van der Waals surface area contributed by atoms with Crippen molar-refractivity contribution in [3.8, 4) is 5.88 Å². The molecule has 0 saturated heterocycles. The first kappa shape index (κ1) is 26.4. The molecule has 194 valence electrons. The van der Waals surface area contributed by atoms with E-state index in [4.69, 9.17) is 9.47 Å². The van der Waals surface area contributed by atoms with Crippen LogP contribution in [-0.4, -0.2) is 42.5 Å². The Hall–Kier alpha value is -3.67. The molecular weight excluding hydrogens is 464 g/mol. The van der Waals surface area contributed by atoms with E-state index >= 15 is 0 Å². The summed E-state index contributed by atoms with van der Waals surface area (Å²) in [7, 11) is 3.00. The van der Waals surface area contributed by atoms with Crippen molar-refractivity contribution in [1.29, 1.82) is 0 Å². The smallest absolute Gasteiger partial charge is 0.306 e. The van der Waals surface area contributed by atoms with E-state index in [-0.39, 0.29) is 24.2 Å². The number of pyridine rings is 1. The van der Waals surface area contributed by atoms with E-state index in [1.54, 1.807) is 13.3 Å². The van der Waals surface area contributed by atoms with Gasteiger partial charge in [0.25, 0.3) is 5.91 Å². The predicted octanol–water partition coefficient (Wildman–Crippen LogP) is 5.53. The lowest BCUT2D eigenvalue weighted by Gasteiger charge is -2.31. The van der Waals surface area contributed by atoms with Crippen LogP contribution in [0.5, 0.6) is 5.88 Å². The summed E-state index contributed by atoms with van der Waals surface area (Å²) in [5.41, 5.74) is 10.5. The Balaban J connectivity index is 1.69. The molecule has 0 N–H and O–H groups in total. The van der Waals surface area contributed by atoms with E-state index in [1.165, 1.54) is 12.7 Å². The summed E-state index contributed by atoms with van der Waals surface area (Å²) in [5, 5.41) is 0. The van der Waals surface area contributed by atoms with Gasteiger partial charge in [0.2, 0.25) is 5.88 Å². The second-order valence-electron chi connectivity index (χ2n) is 10.1. The number of carbonyl (C=O) groups excluding carboxylic acids is 2. The number of hydrogen-bond donors (Lipinski definition) is 0. The monoisotopic (exact) mass is 500 g/mol. The van der Waals surface area contributed by atoms with E-state index in [0.29, 0.717) is 19.0 Å². The summed E-state index contributed by atoms with van der Waals surface area (Å²) in [5.74, 6) is 0.121. The first-order chi connectivity index (χ1) is 17.6. The summed E-state index contributed by atoms with van der Waals surface area (Å²) in [6.45, 7) is 11.4. The van der Waals surface area contributed by atoms with E-state index in [0.717, 1.165) is 56.5 Å². The second-order valence-corrected chi connectivity index (χ2v) is 10.1. The summed E-state index contributed by atoms with van der Waals surface area (Å²) >= 11 is 0. The number of esters is 1. The first-order valence-electron chi connectivity index (χ1n) is 12.7. The van der Waals surface area contributed by atoms with Crippen LogP contribution in [0.25, 0.3) is 0 Å². The average Bonchev–Trinajstić information content (AvgIpc) is 2.90. The molecule has 0 bridgehead atoms. The van der Waals surface area contributed by atoms with Crippen LogP contribution in [0.2, 0.25) is 0 Å². The highest BCUT2D eigenvalue weighted by molar-refractivity contribution is 5.98. The van der Waals surface area contributed by atoms with E-state index < -0.39 is 0 Å².